The van der Waals surface area contributed by atoms with Gasteiger partial charge >= 0.3 is 0 Å². The van der Waals surface area contributed by atoms with Gasteiger partial charge in [-0.05, 0) is 91.9 Å². The third-order valence-corrected chi connectivity index (χ3v) is 6.14. The molecule has 0 radical (unpaired) electrons. The Kier molecular flexibility index (Phi) is 3.77. The van der Waals surface area contributed by atoms with Gasteiger partial charge in [-0.3, -0.25) is 0 Å². The summed E-state index contributed by atoms with van der Waals surface area (Å²) >= 11 is 6.92. The average Bonchev–Trinajstić information content (AvgIpc) is 2.66. The van der Waals surface area contributed by atoms with Gasteiger partial charge in [0.05, 0.1) is 12.0 Å². The van der Waals surface area contributed by atoms with Crippen LogP contribution in [0.5, 0.6) is 0 Å². The van der Waals surface area contributed by atoms with Gasteiger partial charge in [0.2, 0.25) is 0 Å². The lowest BCUT2D eigenvalue weighted by atomic mass is 9.77. The molecule has 4 nitrogen and oxygen atoms in total. The molecule has 3 aliphatic rings. The summed E-state index contributed by atoms with van der Waals surface area (Å²) in [5.41, 5.74) is 6.12. The maximum Gasteiger partial charge on any atom is 0.154 e. The first-order chi connectivity index (χ1) is 12.7. The first-order valence-corrected chi connectivity index (χ1v) is 10.1. The number of aryl methyl sites for hydroxylation is 2. The van der Waals surface area contributed by atoms with Crippen molar-refractivity contribution in [3.05, 3.63) is 67.1 Å². The molecule has 2 aliphatic carbocycles. The Bertz CT molecular complexity index is 988. The summed E-state index contributed by atoms with van der Waals surface area (Å²) < 4.78 is 7.97. The lowest BCUT2D eigenvalue weighted by Gasteiger charge is -2.35. The SMILES string of the molecule is N#CC1C2=C(OC3=C1CCc1ccc(Br)nc13)c1nc(Br)ccc1CC2. The first-order valence-electron chi connectivity index (χ1n) is 8.51. The fraction of sp³-hybridized carbons (Fsp3) is 0.250. The molecule has 128 valence electrons. The van der Waals surface area contributed by atoms with Gasteiger partial charge in [0.25, 0.3) is 0 Å². The van der Waals surface area contributed by atoms with Crippen LogP contribution in [0.3, 0.4) is 0 Å². The highest BCUT2D eigenvalue weighted by molar-refractivity contribution is 9.10. The molecule has 0 aromatic carbocycles. The molecule has 0 bridgehead atoms. The van der Waals surface area contributed by atoms with Crippen molar-refractivity contribution in [3.63, 3.8) is 0 Å². The number of ether oxygens (including phenoxy) is 1. The van der Waals surface area contributed by atoms with Crippen LogP contribution in [-0.4, -0.2) is 9.97 Å². The zero-order valence-electron chi connectivity index (χ0n) is 13.7. The van der Waals surface area contributed by atoms with Crippen LogP contribution in [0.1, 0.15) is 35.4 Å². The Morgan fingerprint density at radius 1 is 0.846 bits per heavy atom. The second-order valence-corrected chi connectivity index (χ2v) is 8.28. The van der Waals surface area contributed by atoms with E-state index in [0.29, 0.717) is 0 Å². The Morgan fingerprint density at radius 2 is 1.35 bits per heavy atom. The van der Waals surface area contributed by atoms with E-state index in [2.05, 4.69) is 60.0 Å². The maximum absolute atomic E-state index is 9.94. The topological polar surface area (TPSA) is 58.8 Å². The van der Waals surface area contributed by atoms with Crippen molar-refractivity contribution in [2.75, 3.05) is 0 Å². The molecular weight excluding hydrogens is 458 g/mol. The smallest absolute Gasteiger partial charge is 0.154 e. The Hall–Kier alpha value is -1.97. The predicted molar refractivity (Wildman–Crippen MR) is 105 cm³/mol. The number of fused-ring (bicyclic) bond motifs is 4. The molecule has 0 atom stereocenters. The largest absolute Gasteiger partial charge is 0.453 e. The fourth-order valence-electron chi connectivity index (χ4n) is 4.04. The number of hydrogen-bond donors (Lipinski definition) is 0. The summed E-state index contributed by atoms with van der Waals surface area (Å²) in [5.74, 6) is 1.23. The molecule has 0 fully saturated rings. The second-order valence-electron chi connectivity index (χ2n) is 6.66. The minimum absolute atomic E-state index is 0.253. The Balaban J connectivity index is 1.71. The van der Waals surface area contributed by atoms with E-state index in [1.807, 2.05) is 12.1 Å². The van der Waals surface area contributed by atoms with Crippen molar-refractivity contribution in [2.45, 2.75) is 25.7 Å². The van der Waals surface area contributed by atoms with Gasteiger partial charge in [0, 0.05) is 0 Å². The molecule has 0 amide bonds. The lowest BCUT2D eigenvalue weighted by Crippen LogP contribution is -2.24. The third-order valence-electron chi connectivity index (χ3n) is 5.26. The van der Waals surface area contributed by atoms with Gasteiger partial charge in [-0.2, -0.15) is 5.26 Å². The van der Waals surface area contributed by atoms with Crippen molar-refractivity contribution in [2.24, 2.45) is 5.92 Å². The summed E-state index contributed by atoms with van der Waals surface area (Å²) in [6, 6.07) is 10.6. The number of rotatable bonds is 0. The summed E-state index contributed by atoms with van der Waals surface area (Å²) in [6.45, 7) is 0. The molecule has 0 saturated carbocycles. The zero-order valence-corrected chi connectivity index (χ0v) is 16.9. The van der Waals surface area contributed by atoms with E-state index in [9.17, 15) is 5.26 Å². The first kappa shape index (κ1) is 16.2. The zero-order chi connectivity index (χ0) is 17.8. The van der Waals surface area contributed by atoms with Crippen molar-refractivity contribution in [1.29, 1.82) is 5.26 Å². The normalized spacial score (nSPS) is 18.3. The van der Waals surface area contributed by atoms with Crippen molar-refractivity contribution in [3.8, 4) is 6.07 Å². The molecule has 2 aromatic heterocycles. The minimum Gasteiger partial charge on any atom is -0.453 e. The van der Waals surface area contributed by atoms with Crippen LogP contribution in [-0.2, 0) is 17.6 Å². The van der Waals surface area contributed by atoms with Crippen LogP contribution in [0, 0.1) is 17.2 Å². The van der Waals surface area contributed by atoms with Crippen LogP contribution in [0.25, 0.3) is 11.5 Å². The highest BCUT2D eigenvalue weighted by atomic mass is 79.9. The third kappa shape index (κ3) is 2.38. The van der Waals surface area contributed by atoms with Gasteiger partial charge in [0.15, 0.2) is 11.5 Å². The Morgan fingerprint density at radius 3 is 1.81 bits per heavy atom. The van der Waals surface area contributed by atoms with E-state index in [0.717, 1.165) is 80.1 Å². The van der Waals surface area contributed by atoms with E-state index >= 15 is 0 Å². The lowest BCUT2D eigenvalue weighted by molar-refractivity contribution is 0.419. The van der Waals surface area contributed by atoms with Gasteiger partial charge in [0.1, 0.15) is 20.6 Å². The van der Waals surface area contributed by atoms with E-state index in [4.69, 9.17) is 4.74 Å². The van der Waals surface area contributed by atoms with Crippen molar-refractivity contribution in [1.82, 2.24) is 9.97 Å². The van der Waals surface area contributed by atoms with Crippen molar-refractivity contribution >= 4 is 43.4 Å². The number of hydrogen-bond acceptors (Lipinski definition) is 4. The highest BCUT2D eigenvalue weighted by Gasteiger charge is 2.39. The number of aromatic nitrogens is 2. The van der Waals surface area contributed by atoms with Crippen molar-refractivity contribution < 1.29 is 4.74 Å². The van der Waals surface area contributed by atoms with Crippen LogP contribution >= 0.6 is 31.9 Å². The molecule has 0 unspecified atom stereocenters. The molecular formula is C20H13Br2N3O. The fourth-order valence-corrected chi connectivity index (χ4v) is 4.66. The number of pyridine rings is 2. The molecule has 5 rings (SSSR count). The monoisotopic (exact) mass is 469 g/mol. The number of halogens is 2. The standard InChI is InChI=1S/C20H13Br2N3O/c21-15-7-3-10-1-5-12-14(9-23)13-6-2-11-4-8-16(22)25-18(11)20(13)26-19(12)17(10)24-15/h3-4,7-8,14H,1-2,5-6H2. The number of nitrogens with zero attached hydrogens (tertiary/aromatic N) is 3. The van der Waals surface area contributed by atoms with Gasteiger partial charge in [-0.15, -0.1) is 0 Å². The molecule has 0 N–H and O–H groups in total. The molecule has 3 heterocycles. The minimum atomic E-state index is -0.253. The maximum atomic E-state index is 9.94. The highest BCUT2D eigenvalue weighted by Crippen LogP contribution is 2.48. The number of allylic oxidation sites excluding steroid dienone is 2. The molecule has 26 heavy (non-hydrogen) atoms. The predicted octanol–water partition coefficient (Wildman–Crippen LogP) is 5.19. The number of nitriles is 1. The molecule has 1 aliphatic heterocycles. The summed E-state index contributed by atoms with van der Waals surface area (Å²) in [6.07, 6.45) is 3.44. The van der Waals surface area contributed by atoms with Crippen LogP contribution < -0.4 is 0 Å². The van der Waals surface area contributed by atoms with Crippen LogP contribution in [0.2, 0.25) is 0 Å². The molecule has 0 saturated heterocycles. The summed E-state index contributed by atoms with van der Waals surface area (Å²) in [4.78, 5) is 9.30. The molecule has 0 spiro atoms. The summed E-state index contributed by atoms with van der Waals surface area (Å²) in [7, 11) is 0. The van der Waals surface area contributed by atoms with E-state index < -0.39 is 0 Å². The molecule has 2 aromatic rings. The Labute approximate surface area is 167 Å². The van der Waals surface area contributed by atoms with E-state index in [1.54, 1.807) is 0 Å². The van der Waals surface area contributed by atoms with E-state index in [-0.39, 0.29) is 5.92 Å². The quantitative estimate of drug-likeness (QED) is 0.497. The molecule has 6 heteroatoms. The van der Waals surface area contributed by atoms with Crippen LogP contribution in [0.4, 0.5) is 0 Å². The van der Waals surface area contributed by atoms with Crippen LogP contribution in [0.15, 0.2) is 44.6 Å². The van der Waals surface area contributed by atoms with Gasteiger partial charge in [-0.1, -0.05) is 12.1 Å². The van der Waals surface area contributed by atoms with E-state index in [1.165, 1.54) is 0 Å². The second kappa shape index (κ2) is 6.04. The van der Waals surface area contributed by atoms with Gasteiger partial charge in [-0.25, -0.2) is 9.97 Å². The van der Waals surface area contributed by atoms with Gasteiger partial charge < -0.3 is 4.74 Å². The summed E-state index contributed by atoms with van der Waals surface area (Å²) in [5, 5.41) is 9.94. The average molecular weight is 471 g/mol.